The molecule has 0 radical (unpaired) electrons. The molecule has 0 unspecified atom stereocenters. The number of hydrogen-bond donors (Lipinski definition) is 4. The second-order valence-corrected chi connectivity index (χ2v) is 32.7. The molecule has 4 fully saturated rings. The van der Waals surface area contributed by atoms with E-state index in [0.717, 1.165) is 203 Å². The van der Waals surface area contributed by atoms with Crippen LogP contribution in [-0.4, -0.2) is 163 Å². The number of aryl methyl sites for hydroxylation is 1. The number of anilines is 5. The number of nitrogens with zero attached hydrogens (tertiary/aromatic N) is 12. The number of nitrogens with one attached hydrogen (secondary N) is 4. The highest BCUT2D eigenvalue weighted by atomic mass is 15.4. The number of likely N-dealkylation sites (N-methyl/N-ethyl adjacent to an activating group) is 1. The van der Waals surface area contributed by atoms with Crippen molar-refractivity contribution in [3.8, 4) is 0 Å². The van der Waals surface area contributed by atoms with Gasteiger partial charge in [-0.15, -0.1) is 0 Å². The van der Waals surface area contributed by atoms with Gasteiger partial charge in [-0.25, -0.2) is 0 Å². The summed E-state index contributed by atoms with van der Waals surface area (Å²) in [5.74, 6) is 5.17. The number of hydrogen-bond acceptors (Lipinski definition) is 16. The van der Waals surface area contributed by atoms with Crippen molar-refractivity contribution >= 4 is 29.7 Å². The Balaban J connectivity index is 0.000000382. The molecule has 4 aliphatic rings. The van der Waals surface area contributed by atoms with Gasteiger partial charge in [-0.3, -0.25) is 0 Å². The Morgan fingerprint density at radius 3 is 0.782 bits per heavy atom. The fraction of sp³-hybridized carbons (Fsp3) is 0.915. The molecule has 4 N–H and O–H groups in total. The van der Waals surface area contributed by atoms with Crippen molar-refractivity contribution in [3.05, 3.63) is 5.82 Å². The Labute approximate surface area is 536 Å². The molecule has 4 saturated heterocycles. The van der Waals surface area contributed by atoms with Crippen molar-refractivity contribution in [3.63, 3.8) is 0 Å². The normalized spacial score (nSPS) is 21.3. The molecule has 0 atom stereocenters. The van der Waals surface area contributed by atoms with Crippen molar-refractivity contribution in [1.29, 1.82) is 0 Å². The van der Waals surface area contributed by atoms with E-state index in [0.29, 0.717) is 24.2 Å². The molecule has 4 aliphatic heterocycles. The quantitative estimate of drug-likeness (QED) is 0.0588. The minimum Gasteiger partial charge on any atom is -0.339 e. The fourth-order valence-electron chi connectivity index (χ4n) is 16.0. The molecule has 2 aromatic heterocycles. The highest BCUT2D eigenvalue weighted by Crippen LogP contribution is 2.39. The van der Waals surface area contributed by atoms with Crippen LogP contribution in [0.3, 0.4) is 0 Å². The lowest BCUT2D eigenvalue weighted by Gasteiger charge is -2.50. The van der Waals surface area contributed by atoms with Crippen LogP contribution in [0.1, 0.15) is 294 Å². The van der Waals surface area contributed by atoms with Crippen molar-refractivity contribution in [2.75, 3.05) is 83.9 Å². The predicted octanol–water partition coefficient (Wildman–Crippen LogP) is 14.7. The molecule has 504 valence electrons. The van der Waals surface area contributed by atoms with Gasteiger partial charge in [0.1, 0.15) is 5.82 Å². The van der Waals surface area contributed by atoms with Crippen LogP contribution < -0.4 is 45.8 Å². The summed E-state index contributed by atoms with van der Waals surface area (Å²) < 4.78 is 0. The first-order valence-corrected chi connectivity index (χ1v) is 35.1. The van der Waals surface area contributed by atoms with Crippen LogP contribution in [0, 0.1) is 6.92 Å². The van der Waals surface area contributed by atoms with Crippen molar-refractivity contribution in [2.45, 2.75) is 364 Å². The summed E-state index contributed by atoms with van der Waals surface area (Å²) in [5, 5.41) is 15.6. The minimum absolute atomic E-state index is 0. The zero-order valence-electron chi connectivity index (χ0n) is 60.5. The molecule has 0 aromatic carbocycles. The summed E-state index contributed by atoms with van der Waals surface area (Å²) in [6, 6.07) is 1.50. The number of aromatic nitrogens is 6. The second kappa shape index (κ2) is 32.4. The Kier molecular flexibility index (Phi) is 28.4. The molecule has 0 amide bonds. The van der Waals surface area contributed by atoms with Crippen LogP contribution in [-0.2, 0) is 0 Å². The van der Waals surface area contributed by atoms with Crippen LogP contribution in [0.4, 0.5) is 29.7 Å². The third-order valence-corrected chi connectivity index (χ3v) is 18.5. The molecule has 16 heteroatoms. The smallest absolute Gasteiger partial charge is 0.232 e. The zero-order chi connectivity index (χ0) is 64.1. The molecule has 6 heterocycles. The van der Waals surface area contributed by atoms with Crippen molar-refractivity contribution < 1.29 is 0 Å². The second-order valence-electron chi connectivity index (χ2n) is 32.7. The van der Waals surface area contributed by atoms with Crippen molar-refractivity contribution in [2.24, 2.45) is 0 Å². The van der Waals surface area contributed by atoms with Gasteiger partial charge in [-0.2, -0.15) is 29.9 Å². The fourth-order valence-corrected chi connectivity index (χ4v) is 16.0. The number of piperidine rings is 4. The van der Waals surface area contributed by atoms with Crippen LogP contribution in [0.25, 0.3) is 0 Å². The maximum atomic E-state index is 5.53. The highest BCUT2D eigenvalue weighted by Gasteiger charge is 2.45. The summed E-state index contributed by atoms with van der Waals surface area (Å²) >= 11 is 0. The molecule has 2 aromatic rings. The lowest BCUT2D eigenvalue weighted by atomic mass is 9.79. The van der Waals surface area contributed by atoms with E-state index in [-0.39, 0.29) is 51.7 Å². The van der Waals surface area contributed by atoms with E-state index in [1.165, 1.54) is 12.8 Å². The van der Waals surface area contributed by atoms with Gasteiger partial charge in [0.15, 0.2) is 0 Å². The molecule has 6 rings (SSSR count). The summed E-state index contributed by atoms with van der Waals surface area (Å²) in [4.78, 5) is 46.8. The average molecular weight is 1220 g/mol. The minimum atomic E-state index is 0. The average Bonchev–Trinajstić information content (AvgIpc) is 0.979. The Bertz CT molecular complexity index is 2130. The van der Waals surface area contributed by atoms with E-state index < -0.39 is 0 Å². The Morgan fingerprint density at radius 1 is 0.310 bits per heavy atom. The van der Waals surface area contributed by atoms with Gasteiger partial charge in [-0.1, -0.05) is 87.5 Å². The van der Waals surface area contributed by atoms with E-state index in [4.69, 9.17) is 29.9 Å². The van der Waals surface area contributed by atoms with Gasteiger partial charge in [0.25, 0.3) is 0 Å². The molecule has 0 bridgehead atoms. The van der Waals surface area contributed by atoms with E-state index in [9.17, 15) is 0 Å². The first-order chi connectivity index (χ1) is 40.0. The highest BCUT2D eigenvalue weighted by molar-refractivity contribution is 5.49. The van der Waals surface area contributed by atoms with Crippen LogP contribution >= 0.6 is 0 Å². The summed E-state index contributed by atoms with van der Waals surface area (Å²) in [6.45, 7) is 61.2. The molecule has 0 saturated carbocycles. The maximum Gasteiger partial charge on any atom is 0.232 e. The van der Waals surface area contributed by atoms with Gasteiger partial charge >= 0.3 is 0 Å². The van der Waals surface area contributed by atoms with Gasteiger partial charge in [0, 0.05) is 114 Å². The third-order valence-electron chi connectivity index (χ3n) is 18.5. The molecule has 16 nitrogen and oxygen atoms in total. The maximum absolute atomic E-state index is 5.53. The van der Waals surface area contributed by atoms with Crippen LogP contribution in [0.5, 0.6) is 0 Å². The largest absolute Gasteiger partial charge is 0.339 e. The molecule has 0 spiro atoms. The van der Waals surface area contributed by atoms with E-state index in [1.807, 2.05) is 6.92 Å². The monoisotopic (exact) mass is 1220 g/mol. The Hall–Kier alpha value is -3.18. The molecular weight excluding hydrogens is 1080 g/mol. The van der Waals surface area contributed by atoms with Gasteiger partial charge in [0.2, 0.25) is 29.7 Å². The number of unbranched alkanes of at least 4 members (excludes halogenated alkanes) is 6. The van der Waals surface area contributed by atoms with E-state index in [2.05, 4.69) is 210 Å². The summed E-state index contributed by atoms with van der Waals surface area (Å²) in [6.07, 6.45) is 22.4. The van der Waals surface area contributed by atoms with Crippen LogP contribution in [0.15, 0.2) is 0 Å². The standard InChI is InChI=1S/C40H79N9.C30H57N7.CH4/c1-14-18-22-46(13)26-27-47(23-19-15-2)34-41-35(48(24-20-16-3)32-28-37(5,6)44-38(7,8)29-32)43-36(42-34)49(25-21-17-4)33-30-39(9,10)45-40(11,12)31-33;1-12-14-16-36(23-18-27(4,5)34-28(6,7)19-23)25-31-22(3)32-26(33-25)37(17-15-13-2)24-20-29(8,9)35-30(10,11)21-24;/h32-33,44-45H,14-31H2,1-13H3;23-24,34-35H,12-21H2,1-11H3;1H4. The van der Waals surface area contributed by atoms with Gasteiger partial charge in [0.05, 0.1) is 0 Å². The van der Waals surface area contributed by atoms with Gasteiger partial charge in [-0.05, 0) is 221 Å². The first-order valence-electron chi connectivity index (χ1n) is 35.1. The molecule has 0 aliphatic carbocycles. The molecule has 87 heavy (non-hydrogen) atoms. The predicted molar refractivity (Wildman–Crippen MR) is 377 cm³/mol. The zero-order valence-corrected chi connectivity index (χ0v) is 60.5. The van der Waals surface area contributed by atoms with Gasteiger partial charge < -0.3 is 50.7 Å². The third kappa shape index (κ3) is 24.1. The van der Waals surface area contributed by atoms with Crippen LogP contribution in [0.2, 0.25) is 0 Å². The summed E-state index contributed by atoms with van der Waals surface area (Å²) in [7, 11) is 2.26. The lowest BCUT2D eigenvalue weighted by Crippen LogP contribution is -2.63. The van der Waals surface area contributed by atoms with Crippen molar-refractivity contribution in [1.82, 2.24) is 56.1 Å². The first kappa shape index (κ1) is 76.3. The Morgan fingerprint density at radius 2 is 0.529 bits per heavy atom. The lowest BCUT2D eigenvalue weighted by molar-refractivity contribution is 0.156. The molecular formula is C71H140N16. The SMILES string of the molecule is C.CCCCN(C)CCN(CCCC)c1nc(N(CCCC)C2CC(C)(C)NC(C)(C)C2)nc(N(CCCC)C2CC(C)(C)NC(C)(C)C2)n1.CCCCN(c1nc(C)nc(N(CCCC)C2CC(C)(C)NC(C)(C)C2)n1)C1CC(C)(C)NC(C)(C)C1. The number of rotatable bonds is 30. The topological polar surface area (TPSA) is 145 Å². The van der Waals surface area contributed by atoms with E-state index in [1.54, 1.807) is 0 Å². The summed E-state index contributed by atoms with van der Waals surface area (Å²) in [5.41, 5.74) is 0.414. The van der Waals surface area contributed by atoms with E-state index >= 15 is 0 Å².